The molecule has 0 aromatic carbocycles. The van der Waals surface area contributed by atoms with Crippen LogP contribution in [-0.2, 0) is 4.74 Å². The van der Waals surface area contributed by atoms with Crippen LogP contribution in [0.4, 0.5) is 0 Å². The summed E-state index contributed by atoms with van der Waals surface area (Å²) in [4.78, 5) is 0. The predicted octanol–water partition coefficient (Wildman–Crippen LogP) is 1.31. The van der Waals surface area contributed by atoms with E-state index in [0.717, 1.165) is 45.4 Å². The quantitative estimate of drug-likeness (QED) is 0.742. The third-order valence-corrected chi connectivity index (χ3v) is 3.73. The second-order valence-electron chi connectivity index (χ2n) is 4.92. The second-order valence-corrected chi connectivity index (χ2v) is 4.92. The van der Waals surface area contributed by atoms with Gasteiger partial charge in [0, 0.05) is 19.3 Å². The van der Waals surface area contributed by atoms with Crippen molar-refractivity contribution in [3.05, 3.63) is 0 Å². The minimum absolute atomic E-state index is 0.145. The molecule has 2 heterocycles. The minimum Gasteiger partial charge on any atom is -0.391 e. The van der Waals surface area contributed by atoms with Crippen molar-refractivity contribution in [2.24, 2.45) is 5.92 Å². The summed E-state index contributed by atoms with van der Waals surface area (Å²) in [6.45, 7) is 2.85. The van der Waals surface area contributed by atoms with Crippen molar-refractivity contribution in [3.63, 3.8) is 0 Å². The highest BCUT2D eigenvalue weighted by atomic mass is 16.5. The summed E-state index contributed by atoms with van der Waals surface area (Å²) in [6.07, 6.45) is 6.75. The van der Waals surface area contributed by atoms with Crippen LogP contribution < -0.4 is 5.32 Å². The van der Waals surface area contributed by atoms with Crippen LogP contribution in [0.2, 0.25) is 0 Å². The van der Waals surface area contributed by atoms with Crippen molar-refractivity contribution in [2.75, 3.05) is 19.8 Å². The molecule has 3 nitrogen and oxygen atoms in total. The molecule has 88 valence electrons. The van der Waals surface area contributed by atoms with Crippen molar-refractivity contribution in [1.82, 2.24) is 5.32 Å². The lowest BCUT2D eigenvalue weighted by Gasteiger charge is -2.31. The molecule has 2 unspecified atom stereocenters. The lowest BCUT2D eigenvalue weighted by atomic mass is 9.88. The van der Waals surface area contributed by atoms with E-state index in [0.29, 0.717) is 12.0 Å². The van der Waals surface area contributed by atoms with Gasteiger partial charge < -0.3 is 15.2 Å². The number of nitrogens with one attached hydrogen (secondary N) is 1. The zero-order valence-electron chi connectivity index (χ0n) is 9.45. The van der Waals surface area contributed by atoms with Crippen LogP contribution >= 0.6 is 0 Å². The van der Waals surface area contributed by atoms with Crippen LogP contribution in [0.25, 0.3) is 0 Å². The minimum atomic E-state index is -0.145. The molecule has 2 fully saturated rings. The van der Waals surface area contributed by atoms with E-state index in [1.165, 1.54) is 12.8 Å². The number of hydrogen-bond acceptors (Lipinski definition) is 3. The van der Waals surface area contributed by atoms with Gasteiger partial charge in [-0.3, -0.25) is 0 Å². The zero-order valence-corrected chi connectivity index (χ0v) is 9.45. The number of piperidine rings is 1. The van der Waals surface area contributed by atoms with Gasteiger partial charge in [0.05, 0.1) is 6.10 Å². The van der Waals surface area contributed by atoms with E-state index >= 15 is 0 Å². The van der Waals surface area contributed by atoms with Crippen LogP contribution in [0.1, 0.15) is 38.5 Å². The van der Waals surface area contributed by atoms with Gasteiger partial charge in [-0.25, -0.2) is 0 Å². The first-order valence-electron chi connectivity index (χ1n) is 6.35. The average Bonchev–Trinajstić information content (AvgIpc) is 2.31. The highest BCUT2D eigenvalue weighted by molar-refractivity contribution is 4.81. The second kappa shape index (κ2) is 5.83. The van der Waals surface area contributed by atoms with Crippen LogP contribution in [0.5, 0.6) is 0 Å². The third-order valence-electron chi connectivity index (χ3n) is 3.73. The molecule has 15 heavy (non-hydrogen) atoms. The van der Waals surface area contributed by atoms with Gasteiger partial charge in [0.2, 0.25) is 0 Å². The molecule has 0 aliphatic carbocycles. The summed E-state index contributed by atoms with van der Waals surface area (Å²) in [5, 5.41) is 13.6. The number of hydrogen-bond donors (Lipinski definition) is 2. The summed E-state index contributed by atoms with van der Waals surface area (Å²) in [5.74, 6) is 0.678. The van der Waals surface area contributed by atoms with E-state index in [-0.39, 0.29) is 6.10 Å². The summed E-state index contributed by atoms with van der Waals surface area (Å²) < 4.78 is 5.33. The van der Waals surface area contributed by atoms with Crippen molar-refractivity contribution >= 4 is 0 Å². The maximum absolute atomic E-state index is 10.1. The Morgan fingerprint density at radius 2 is 2.00 bits per heavy atom. The molecule has 3 heteroatoms. The molecule has 2 N–H and O–H groups in total. The van der Waals surface area contributed by atoms with Crippen molar-refractivity contribution in [2.45, 2.75) is 50.7 Å². The Hall–Kier alpha value is -0.120. The third kappa shape index (κ3) is 3.44. The van der Waals surface area contributed by atoms with E-state index in [2.05, 4.69) is 5.32 Å². The van der Waals surface area contributed by atoms with Gasteiger partial charge in [-0.15, -0.1) is 0 Å². The Labute approximate surface area is 92.2 Å². The molecular formula is C12H23NO2. The molecule has 0 radical (unpaired) electrons. The Morgan fingerprint density at radius 1 is 1.20 bits per heavy atom. The fourth-order valence-electron chi connectivity index (χ4n) is 2.70. The molecule has 0 aromatic rings. The summed E-state index contributed by atoms with van der Waals surface area (Å²) >= 11 is 0. The van der Waals surface area contributed by atoms with Gasteiger partial charge in [0.1, 0.15) is 0 Å². The first kappa shape index (κ1) is 11.4. The molecule has 0 aromatic heterocycles. The van der Waals surface area contributed by atoms with Gasteiger partial charge in [-0.05, 0) is 44.6 Å². The summed E-state index contributed by atoms with van der Waals surface area (Å²) in [5.41, 5.74) is 0. The Kier molecular flexibility index (Phi) is 4.42. The van der Waals surface area contributed by atoms with Crippen LogP contribution in [0.15, 0.2) is 0 Å². The normalized spacial score (nSPS) is 31.4. The van der Waals surface area contributed by atoms with Crippen LogP contribution in [0, 0.1) is 5.92 Å². The SMILES string of the molecule is OC(CC1CCOCC1)C1CCCCN1. The molecule has 2 atom stereocenters. The maximum Gasteiger partial charge on any atom is 0.0695 e. The Balaban J connectivity index is 1.72. The van der Waals surface area contributed by atoms with E-state index in [1.54, 1.807) is 0 Å². The molecule has 0 spiro atoms. The van der Waals surface area contributed by atoms with E-state index in [9.17, 15) is 5.11 Å². The molecule has 2 aliphatic rings. The first-order chi connectivity index (χ1) is 7.36. The Morgan fingerprint density at radius 3 is 2.67 bits per heavy atom. The largest absolute Gasteiger partial charge is 0.391 e. The van der Waals surface area contributed by atoms with E-state index < -0.39 is 0 Å². The average molecular weight is 213 g/mol. The van der Waals surface area contributed by atoms with E-state index in [1.807, 2.05) is 0 Å². The van der Waals surface area contributed by atoms with Crippen molar-refractivity contribution in [3.8, 4) is 0 Å². The van der Waals surface area contributed by atoms with Crippen LogP contribution in [-0.4, -0.2) is 37.0 Å². The highest BCUT2D eigenvalue weighted by Gasteiger charge is 2.25. The molecule has 2 saturated heterocycles. The number of ether oxygens (including phenoxy) is 1. The lowest BCUT2D eigenvalue weighted by Crippen LogP contribution is -2.44. The van der Waals surface area contributed by atoms with E-state index in [4.69, 9.17) is 4.74 Å². The summed E-state index contributed by atoms with van der Waals surface area (Å²) in [6, 6.07) is 0.349. The highest BCUT2D eigenvalue weighted by Crippen LogP contribution is 2.23. The van der Waals surface area contributed by atoms with Gasteiger partial charge in [-0.2, -0.15) is 0 Å². The standard InChI is InChI=1S/C12H23NO2/c14-12(11-3-1-2-6-13-11)9-10-4-7-15-8-5-10/h10-14H,1-9H2. The zero-order chi connectivity index (χ0) is 10.5. The molecule has 0 saturated carbocycles. The molecule has 0 amide bonds. The Bertz CT molecular complexity index is 174. The lowest BCUT2D eigenvalue weighted by molar-refractivity contribution is 0.0311. The van der Waals surface area contributed by atoms with Crippen LogP contribution in [0.3, 0.4) is 0 Å². The topological polar surface area (TPSA) is 41.5 Å². The molecule has 2 rings (SSSR count). The predicted molar refractivity (Wildman–Crippen MR) is 59.8 cm³/mol. The smallest absolute Gasteiger partial charge is 0.0695 e. The van der Waals surface area contributed by atoms with Gasteiger partial charge in [-0.1, -0.05) is 6.42 Å². The van der Waals surface area contributed by atoms with Gasteiger partial charge in [0.25, 0.3) is 0 Å². The first-order valence-corrected chi connectivity index (χ1v) is 6.35. The van der Waals surface area contributed by atoms with Crippen molar-refractivity contribution < 1.29 is 9.84 Å². The number of rotatable bonds is 3. The van der Waals surface area contributed by atoms with Crippen molar-refractivity contribution in [1.29, 1.82) is 0 Å². The fourth-order valence-corrected chi connectivity index (χ4v) is 2.70. The molecule has 2 aliphatic heterocycles. The fraction of sp³-hybridized carbons (Fsp3) is 1.00. The number of aliphatic hydroxyl groups excluding tert-OH is 1. The van der Waals surface area contributed by atoms with Gasteiger partial charge in [0.15, 0.2) is 0 Å². The van der Waals surface area contributed by atoms with Gasteiger partial charge >= 0.3 is 0 Å². The maximum atomic E-state index is 10.1. The number of aliphatic hydroxyl groups is 1. The molecular weight excluding hydrogens is 190 g/mol. The monoisotopic (exact) mass is 213 g/mol. The molecule has 0 bridgehead atoms. The summed E-state index contributed by atoms with van der Waals surface area (Å²) in [7, 11) is 0.